The van der Waals surface area contributed by atoms with E-state index in [4.69, 9.17) is 14.6 Å². The van der Waals surface area contributed by atoms with Crippen molar-refractivity contribution in [2.45, 2.75) is 59.0 Å². The van der Waals surface area contributed by atoms with Gasteiger partial charge in [-0.05, 0) is 34.6 Å². The summed E-state index contributed by atoms with van der Waals surface area (Å²) in [6.07, 6.45) is -0.264. The number of rotatable bonds is 6. The van der Waals surface area contributed by atoms with Gasteiger partial charge in [0.25, 0.3) is 0 Å². The van der Waals surface area contributed by atoms with Crippen molar-refractivity contribution in [3.05, 3.63) is 0 Å². The minimum atomic E-state index is -1.03. The molecule has 5 heteroatoms. The average molecular weight is 234 g/mol. The van der Waals surface area contributed by atoms with Crippen LogP contribution in [0.4, 0.5) is 0 Å². The highest BCUT2D eigenvalue weighted by Crippen LogP contribution is 2.21. The number of hydrogen-bond donors (Lipinski definition) is 1. The van der Waals surface area contributed by atoms with Crippen LogP contribution in [0, 0.1) is 0 Å². The lowest BCUT2D eigenvalue weighted by Gasteiger charge is -2.32. The number of ether oxygens (including phenoxy) is 2. The first-order valence-electron chi connectivity index (χ1n) is 4.82. The molecule has 0 aromatic heterocycles. The Kier molecular flexibility index (Phi) is 8.36. The van der Waals surface area contributed by atoms with Crippen LogP contribution >= 0.6 is 0 Å². The zero-order chi connectivity index (χ0) is 11.4. The van der Waals surface area contributed by atoms with Crippen LogP contribution in [0.5, 0.6) is 0 Å². The van der Waals surface area contributed by atoms with Crippen molar-refractivity contribution >= 4 is 23.3 Å². The Morgan fingerprint density at radius 1 is 1.20 bits per heavy atom. The summed E-state index contributed by atoms with van der Waals surface area (Å²) in [6, 6.07) is 0. The SMILES string of the molecule is CC(C)OC(C)(CC(=O)O)OC(C)C.[AlH3]. The maximum atomic E-state index is 10.6. The fourth-order valence-electron chi connectivity index (χ4n) is 1.38. The van der Waals surface area contributed by atoms with Crippen molar-refractivity contribution in [1.29, 1.82) is 0 Å². The number of carboxylic acids is 1. The highest BCUT2D eigenvalue weighted by atomic mass is 27.0. The minimum Gasteiger partial charge on any atom is -0.481 e. The highest BCUT2D eigenvalue weighted by molar-refractivity contribution is 5.75. The molecule has 0 radical (unpaired) electrons. The van der Waals surface area contributed by atoms with Crippen LogP contribution in [0.25, 0.3) is 0 Å². The molecule has 1 N–H and O–H groups in total. The summed E-state index contributed by atoms with van der Waals surface area (Å²) < 4.78 is 10.9. The maximum absolute atomic E-state index is 10.6. The molecule has 0 aromatic carbocycles. The van der Waals surface area contributed by atoms with Crippen molar-refractivity contribution in [2.75, 3.05) is 0 Å². The van der Waals surface area contributed by atoms with E-state index in [0.717, 1.165) is 0 Å². The second-order valence-electron chi connectivity index (χ2n) is 4.04. The highest BCUT2D eigenvalue weighted by Gasteiger charge is 2.31. The normalized spacial score (nSPS) is 11.7. The van der Waals surface area contributed by atoms with Gasteiger partial charge in [0.15, 0.2) is 23.1 Å². The molecular formula is C10H23AlO4. The fourth-order valence-corrected chi connectivity index (χ4v) is 1.38. The Labute approximate surface area is 102 Å². The van der Waals surface area contributed by atoms with Crippen LogP contribution in [0.1, 0.15) is 41.0 Å². The van der Waals surface area contributed by atoms with Crippen LogP contribution < -0.4 is 0 Å². The zero-order valence-electron chi connectivity index (χ0n) is 9.53. The number of carboxylic acid groups (broad SMARTS) is 1. The zero-order valence-corrected chi connectivity index (χ0v) is 9.53. The molecule has 0 aliphatic rings. The molecule has 0 fully saturated rings. The maximum Gasteiger partial charge on any atom is 0.308 e. The van der Waals surface area contributed by atoms with E-state index in [9.17, 15) is 4.79 Å². The Morgan fingerprint density at radius 2 is 1.53 bits per heavy atom. The molecule has 0 bridgehead atoms. The number of carbonyl (C=O) groups is 1. The van der Waals surface area contributed by atoms with E-state index < -0.39 is 11.8 Å². The summed E-state index contributed by atoms with van der Waals surface area (Å²) in [4.78, 5) is 10.6. The Morgan fingerprint density at radius 3 is 1.73 bits per heavy atom. The monoisotopic (exact) mass is 234 g/mol. The van der Waals surface area contributed by atoms with Crippen molar-refractivity contribution < 1.29 is 19.4 Å². The van der Waals surface area contributed by atoms with Gasteiger partial charge >= 0.3 is 5.97 Å². The predicted molar refractivity (Wildman–Crippen MR) is 63.0 cm³/mol. The second kappa shape index (κ2) is 7.24. The van der Waals surface area contributed by atoms with E-state index in [1.165, 1.54) is 0 Å². The Balaban J connectivity index is 0. The molecule has 0 saturated heterocycles. The molecule has 0 rings (SSSR count). The lowest BCUT2D eigenvalue weighted by Crippen LogP contribution is -2.39. The van der Waals surface area contributed by atoms with E-state index in [1.54, 1.807) is 6.92 Å². The van der Waals surface area contributed by atoms with Crippen molar-refractivity contribution in [1.82, 2.24) is 0 Å². The van der Waals surface area contributed by atoms with Gasteiger partial charge in [-0.25, -0.2) is 0 Å². The lowest BCUT2D eigenvalue weighted by molar-refractivity contribution is -0.260. The van der Waals surface area contributed by atoms with Gasteiger partial charge in [0, 0.05) is 0 Å². The third kappa shape index (κ3) is 8.89. The Bertz CT molecular complexity index is 182. The van der Waals surface area contributed by atoms with Gasteiger partial charge in [0.2, 0.25) is 0 Å². The molecule has 0 aliphatic carbocycles. The minimum absolute atomic E-state index is 0. The number of hydrogen-bond acceptors (Lipinski definition) is 3. The molecule has 0 aromatic rings. The van der Waals surface area contributed by atoms with Crippen LogP contribution in [-0.2, 0) is 14.3 Å². The van der Waals surface area contributed by atoms with E-state index >= 15 is 0 Å². The molecule has 0 spiro atoms. The molecular weight excluding hydrogens is 211 g/mol. The largest absolute Gasteiger partial charge is 0.481 e. The van der Waals surface area contributed by atoms with Gasteiger partial charge in [-0.15, -0.1) is 0 Å². The summed E-state index contributed by atoms with van der Waals surface area (Å²) in [5.74, 6) is -1.96. The molecule has 4 nitrogen and oxygen atoms in total. The molecule has 0 atom stereocenters. The fraction of sp³-hybridized carbons (Fsp3) is 0.900. The molecule has 0 aliphatic heterocycles. The summed E-state index contributed by atoms with van der Waals surface area (Å²) in [5.41, 5.74) is 0. The summed E-state index contributed by atoms with van der Waals surface area (Å²) in [7, 11) is 0. The van der Waals surface area contributed by atoms with Gasteiger partial charge in [-0.3, -0.25) is 4.79 Å². The van der Waals surface area contributed by atoms with Gasteiger partial charge in [-0.1, -0.05) is 0 Å². The third-order valence-electron chi connectivity index (χ3n) is 1.44. The molecule has 0 saturated carbocycles. The van der Waals surface area contributed by atoms with Crippen molar-refractivity contribution in [3.63, 3.8) is 0 Å². The second-order valence-corrected chi connectivity index (χ2v) is 4.04. The molecule has 15 heavy (non-hydrogen) atoms. The standard InChI is InChI=1S/C10H20O4.Al.3H/c1-7(2)13-10(5,6-9(11)12)14-8(3)4;;;;/h7-8H,6H2,1-5H3,(H,11,12);;;;. The Hall–Kier alpha value is -0.0775. The first-order chi connectivity index (χ1) is 6.25. The summed E-state index contributed by atoms with van der Waals surface area (Å²) in [5, 5.41) is 8.71. The molecule has 90 valence electrons. The smallest absolute Gasteiger partial charge is 0.308 e. The van der Waals surface area contributed by atoms with E-state index in [1.807, 2.05) is 27.7 Å². The topological polar surface area (TPSA) is 55.8 Å². The van der Waals surface area contributed by atoms with Gasteiger partial charge in [0.1, 0.15) is 0 Å². The van der Waals surface area contributed by atoms with Crippen LogP contribution in [-0.4, -0.2) is 46.4 Å². The predicted octanol–water partition coefficient (Wildman–Crippen LogP) is 0.843. The van der Waals surface area contributed by atoms with Crippen LogP contribution in [0.15, 0.2) is 0 Å². The van der Waals surface area contributed by atoms with Crippen molar-refractivity contribution in [3.8, 4) is 0 Å². The van der Waals surface area contributed by atoms with Crippen LogP contribution in [0.2, 0.25) is 0 Å². The lowest BCUT2D eigenvalue weighted by atomic mass is 10.2. The van der Waals surface area contributed by atoms with Gasteiger partial charge in [0.05, 0.1) is 18.6 Å². The molecule has 0 amide bonds. The third-order valence-corrected chi connectivity index (χ3v) is 1.44. The van der Waals surface area contributed by atoms with Gasteiger partial charge < -0.3 is 14.6 Å². The first-order valence-corrected chi connectivity index (χ1v) is 4.82. The van der Waals surface area contributed by atoms with Crippen molar-refractivity contribution in [2.24, 2.45) is 0 Å². The van der Waals surface area contributed by atoms with E-state index in [0.29, 0.717) is 0 Å². The quantitative estimate of drug-likeness (QED) is 0.546. The average Bonchev–Trinajstić information content (AvgIpc) is 1.76. The summed E-state index contributed by atoms with van der Waals surface area (Å²) in [6.45, 7) is 9.06. The summed E-state index contributed by atoms with van der Waals surface area (Å²) >= 11 is 0. The first kappa shape index (κ1) is 17.3. The molecule has 0 unspecified atom stereocenters. The van der Waals surface area contributed by atoms with Gasteiger partial charge in [-0.2, -0.15) is 0 Å². The van der Waals surface area contributed by atoms with Crippen LogP contribution in [0.3, 0.4) is 0 Å². The van der Waals surface area contributed by atoms with E-state index in [2.05, 4.69) is 0 Å². The molecule has 0 heterocycles. The van der Waals surface area contributed by atoms with E-state index in [-0.39, 0.29) is 36.0 Å². The number of aliphatic carboxylic acids is 1.